The molecule has 1 aliphatic rings. The van der Waals surface area contributed by atoms with Crippen molar-refractivity contribution in [1.29, 1.82) is 0 Å². The van der Waals surface area contributed by atoms with Crippen LogP contribution in [0.2, 0.25) is 0 Å². The topological polar surface area (TPSA) is 199 Å². The molecule has 0 aromatic heterocycles. The Balaban J connectivity index is 3.20. The van der Waals surface area contributed by atoms with Gasteiger partial charge in [-0.15, -0.1) is 0 Å². The van der Waals surface area contributed by atoms with Crippen LogP contribution in [0, 0.1) is 0 Å². The Morgan fingerprint density at radius 2 is 0.477 bits per heavy atom. The largest absolute Gasteiger partial charge is 0.464 e. The van der Waals surface area contributed by atoms with Crippen LogP contribution in [0.5, 0.6) is 0 Å². The first-order chi connectivity index (χ1) is 41.9. The van der Waals surface area contributed by atoms with Crippen molar-refractivity contribution in [2.45, 2.75) is 270 Å². The molecule has 0 aliphatic carbocycles. The molecule has 16 heteroatoms. The maximum absolute atomic E-state index is 13.2. The zero-order valence-electron chi connectivity index (χ0n) is 55.1. The van der Waals surface area contributed by atoms with Gasteiger partial charge in [0.05, 0.1) is 26.4 Å². The van der Waals surface area contributed by atoms with Gasteiger partial charge in [-0.2, -0.15) is 0 Å². The number of rotatable bonds is 52. The summed E-state index contributed by atoms with van der Waals surface area (Å²) >= 11 is 0. The molecular formula is C70H128N4O12. The minimum atomic E-state index is -1.41. The summed E-state index contributed by atoms with van der Waals surface area (Å²) < 4.78 is 22.2. The molecule has 500 valence electrons. The number of esters is 4. The van der Waals surface area contributed by atoms with Gasteiger partial charge in [-0.1, -0.05) is 153 Å². The van der Waals surface area contributed by atoms with Crippen molar-refractivity contribution in [2.75, 3.05) is 105 Å². The van der Waals surface area contributed by atoms with Crippen molar-refractivity contribution < 1.29 is 58.6 Å². The molecule has 0 radical (unpaired) electrons. The van der Waals surface area contributed by atoms with Crippen LogP contribution in [-0.2, 0) is 38.1 Å². The van der Waals surface area contributed by atoms with Gasteiger partial charge in [0.25, 0.3) is 0 Å². The van der Waals surface area contributed by atoms with Gasteiger partial charge in [0.1, 0.15) is 0 Å². The van der Waals surface area contributed by atoms with E-state index in [-0.39, 0.29) is 52.6 Å². The molecule has 4 N–H and O–H groups in total. The van der Waals surface area contributed by atoms with E-state index < -0.39 is 48.3 Å². The number of allylic oxidation sites excluding steroid dienone is 8. The highest BCUT2D eigenvalue weighted by Crippen LogP contribution is 2.13. The van der Waals surface area contributed by atoms with Crippen molar-refractivity contribution in [3.05, 3.63) is 48.6 Å². The zero-order valence-corrected chi connectivity index (χ0v) is 55.1. The molecule has 0 amide bonds. The van der Waals surface area contributed by atoms with Crippen LogP contribution < -0.4 is 0 Å². The Hall–Kier alpha value is -3.48. The Morgan fingerprint density at radius 3 is 0.663 bits per heavy atom. The van der Waals surface area contributed by atoms with Gasteiger partial charge in [0.15, 0.2) is 24.4 Å². The smallest absolute Gasteiger partial charge is 0.336 e. The zero-order chi connectivity index (χ0) is 62.8. The fourth-order valence-electron chi connectivity index (χ4n) is 10.3. The van der Waals surface area contributed by atoms with E-state index in [0.717, 1.165) is 77.0 Å². The van der Waals surface area contributed by atoms with Crippen LogP contribution in [0.15, 0.2) is 48.6 Å². The summed E-state index contributed by atoms with van der Waals surface area (Å²) in [6.45, 7) is 12.8. The van der Waals surface area contributed by atoms with Gasteiger partial charge in [-0.05, 0) is 167 Å². The summed E-state index contributed by atoms with van der Waals surface area (Å²) in [6, 6.07) is 0. The highest BCUT2D eigenvalue weighted by Gasteiger charge is 2.27. The molecule has 0 spiro atoms. The number of nitrogens with zero attached hydrogens (tertiary/aromatic N) is 4. The lowest BCUT2D eigenvalue weighted by Crippen LogP contribution is -2.48. The van der Waals surface area contributed by atoms with Gasteiger partial charge < -0.3 is 39.4 Å². The van der Waals surface area contributed by atoms with E-state index in [1.54, 1.807) is 0 Å². The second-order valence-corrected chi connectivity index (χ2v) is 23.9. The van der Waals surface area contributed by atoms with Crippen LogP contribution >= 0.6 is 0 Å². The number of β-amino-alcohol motifs (C(OH)–C–C–N with tert-alkyl or cyclic N) is 4. The lowest BCUT2D eigenvalue weighted by Gasteiger charge is -2.33. The van der Waals surface area contributed by atoms with E-state index in [2.05, 4.69) is 76.3 Å². The Morgan fingerprint density at radius 1 is 0.291 bits per heavy atom. The fraction of sp³-hybridized carbons (Fsp3) is 0.829. The van der Waals surface area contributed by atoms with Crippen LogP contribution in [0.4, 0.5) is 0 Å². The summed E-state index contributed by atoms with van der Waals surface area (Å²) in [5.41, 5.74) is 0. The number of carbonyl (C=O) groups is 4. The Kier molecular flexibility index (Phi) is 55.4. The molecule has 1 heterocycles. The summed E-state index contributed by atoms with van der Waals surface area (Å²) in [5.74, 6) is -2.76. The standard InChI is InChI=1S/C70H128N4O12/c1-5-9-13-17-21-25-29-33-37-41-55-83-67(79)63(75)59-71-47-45-48-73(61-65(77)69(81)85-57-43-39-35-31-27-23-19-15-11-7-3)53-54-74(62-66(78)70(82)86-58-44-40-36-32-28-24-20-16-12-8-4)50-46-49-72(52-51-71)60-64(76)68(80)84-56-42-38-34-30-26-22-18-14-10-6-2/h25-32,63-66,75-78H,5-24,33-62H2,1-4H3/b29-25-,30-26-,31-27-,32-28-. The minimum absolute atomic E-state index is 0.00616. The SMILES string of the molecule is CCCCCC/C=C\CCCCOC(=O)C(O)CN1CCCN(CC(O)C(=O)OCCCC/C=C\CCCCCC)CCN(CC(O)C(=O)OCCCC/C=C\CCCCCC)CCCN(CC(O)C(=O)OCCCC/C=C\CCCCCC)CC1. The van der Waals surface area contributed by atoms with Crippen LogP contribution in [0.1, 0.15) is 246 Å². The third-order valence-corrected chi connectivity index (χ3v) is 15.8. The van der Waals surface area contributed by atoms with Gasteiger partial charge in [-0.3, -0.25) is 19.6 Å². The van der Waals surface area contributed by atoms with E-state index in [0.29, 0.717) is 90.9 Å². The molecule has 0 bridgehead atoms. The summed E-state index contributed by atoms with van der Waals surface area (Å²) in [7, 11) is 0. The summed E-state index contributed by atoms with van der Waals surface area (Å²) in [6.07, 6.45) is 46.9. The number of unbranched alkanes of at least 4 members (excludes halogenated alkanes) is 24. The first-order valence-electron chi connectivity index (χ1n) is 34.8. The number of carbonyl (C=O) groups excluding carboxylic acids is 4. The number of hydrogen-bond acceptors (Lipinski definition) is 16. The molecule has 1 saturated heterocycles. The Bertz CT molecular complexity index is 1490. The third kappa shape index (κ3) is 48.4. The number of aliphatic hydroxyl groups excluding tert-OH is 4. The first kappa shape index (κ1) is 80.5. The molecule has 1 aliphatic heterocycles. The highest BCUT2D eigenvalue weighted by atomic mass is 16.6. The molecule has 4 atom stereocenters. The Labute approximate surface area is 523 Å². The van der Waals surface area contributed by atoms with Crippen LogP contribution in [0.25, 0.3) is 0 Å². The molecule has 16 nitrogen and oxygen atoms in total. The summed E-state index contributed by atoms with van der Waals surface area (Å²) in [5, 5.41) is 45.1. The first-order valence-corrected chi connectivity index (χ1v) is 34.8. The number of hydrogen-bond donors (Lipinski definition) is 4. The molecule has 1 fully saturated rings. The normalized spacial score (nSPS) is 16.5. The molecule has 4 unspecified atom stereocenters. The lowest BCUT2D eigenvalue weighted by molar-refractivity contribution is -0.156. The lowest BCUT2D eigenvalue weighted by atomic mass is 10.1. The number of ether oxygens (including phenoxy) is 4. The van der Waals surface area contributed by atoms with Gasteiger partial charge in [-0.25, -0.2) is 19.2 Å². The van der Waals surface area contributed by atoms with Crippen LogP contribution in [-0.4, -0.2) is 193 Å². The molecule has 86 heavy (non-hydrogen) atoms. The maximum Gasteiger partial charge on any atom is 0.336 e. The predicted molar refractivity (Wildman–Crippen MR) is 350 cm³/mol. The van der Waals surface area contributed by atoms with Crippen molar-refractivity contribution in [2.24, 2.45) is 0 Å². The van der Waals surface area contributed by atoms with E-state index >= 15 is 0 Å². The maximum atomic E-state index is 13.2. The average molecular weight is 1220 g/mol. The van der Waals surface area contributed by atoms with Crippen LogP contribution in [0.3, 0.4) is 0 Å². The average Bonchev–Trinajstić information content (AvgIpc) is 3.56. The van der Waals surface area contributed by atoms with Gasteiger partial charge in [0, 0.05) is 52.4 Å². The monoisotopic (exact) mass is 1220 g/mol. The fourth-order valence-corrected chi connectivity index (χ4v) is 10.3. The minimum Gasteiger partial charge on any atom is -0.464 e. The molecule has 1 rings (SSSR count). The number of aliphatic hydroxyl groups is 4. The quantitative estimate of drug-likeness (QED) is 0.0194. The highest BCUT2D eigenvalue weighted by molar-refractivity contribution is 5.75. The summed E-state index contributed by atoms with van der Waals surface area (Å²) in [4.78, 5) is 60.8. The van der Waals surface area contributed by atoms with Gasteiger partial charge >= 0.3 is 23.9 Å². The van der Waals surface area contributed by atoms with E-state index in [1.165, 1.54) is 103 Å². The van der Waals surface area contributed by atoms with E-state index in [9.17, 15) is 39.6 Å². The second kappa shape index (κ2) is 59.2. The van der Waals surface area contributed by atoms with Crippen molar-refractivity contribution in [3.8, 4) is 0 Å². The van der Waals surface area contributed by atoms with Crippen molar-refractivity contribution >= 4 is 23.9 Å². The van der Waals surface area contributed by atoms with Gasteiger partial charge in [0.2, 0.25) is 0 Å². The second-order valence-electron chi connectivity index (χ2n) is 23.9. The van der Waals surface area contributed by atoms with E-state index in [4.69, 9.17) is 18.9 Å². The van der Waals surface area contributed by atoms with Crippen molar-refractivity contribution in [3.63, 3.8) is 0 Å². The molecule has 0 aromatic rings. The van der Waals surface area contributed by atoms with Crippen molar-refractivity contribution in [1.82, 2.24) is 19.6 Å². The van der Waals surface area contributed by atoms with E-state index in [1.807, 2.05) is 19.6 Å². The molecule has 0 aromatic carbocycles. The molecule has 0 saturated carbocycles. The molecular weight excluding hydrogens is 1090 g/mol. The third-order valence-electron chi connectivity index (χ3n) is 15.8. The predicted octanol–water partition coefficient (Wildman–Crippen LogP) is 12.4.